The Bertz CT molecular complexity index is 338. The number of nitrogens with zero attached hydrogens (tertiary/aromatic N) is 1. The first kappa shape index (κ1) is 12.7. The smallest absolute Gasteiger partial charge is 0.118 e. The molecule has 1 aromatic heterocycles. The number of hydrogen-bond acceptors (Lipinski definition) is 3. The molecule has 1 aromatic rings. The van der Waals surface area contributed by atoms with E-state index in [1.54, 1.807) is 0 Å². The van der Waals surface area contributed by atoms with Gasteiger partial charge in [0.15, 0.2) is 0 Å². The lowest BCUT2D eigenvalue weighted by atomic mass is 9.98. The highest BCUT2D eigenvalue weighted by atomic mass is 16.3. The monoisotopic (exact) mass is 237 g/mol. The van der Waals surface area contributed by atoms with Crippen molar-refractivity contribution in [2.24, 2.45) is 5.92 Å². The molecule has 0 spiro atoms. The number of piperidine rings is 1. The van der Waals surface area contributed by atoms with Crippen LogP contribution in [0, 0.1) is 5.92 Å². The van der Waals surface area contributed by atoms with E-state index >= 15 is 0 Å². The maximum Gasteiger partial charge on any atom is 0.118 e. The summed E-state index contributed by atoms with van der Waals surface area (Å²) in [6.07, 6.45) is 2.21. The Kier molecular flexibility index (Phi) is 4.24. The quantitative estimate of drug-likeness (QED) is 0.874. The molecular weight excluding hydrogens is 214 g/mol. The molecule has 1 aliphatic heterocycles. The number of hydrogen-bond donors (Lipinski definition) is 1. The van der Waals surface area contributed by atoms with E-state index in [4.69, 9.17) is 9.52 Å². The van der Waals surface area contributed by atoms with Gasteiger partial charge in [-0.1, -0.05) is 13.8 Å². The van der Waals surface area contributed by atoms with Crippen molar-refractivity contribution in [1.29, 1.82) is 0 Å². The third-order valence-electron chi connectivity index (χ3n) is 3.60. The van der Waals surface area contributed by atoms with E-state index in [0.29, 0.717) is 18.4 Å². The minimum Gasteiger partial charge on any atom is -0.464 e. The van der Waals surface area contributed by atoms with Crippen molar-refractivity contribution in [3.05, 3.63) is 23.7 Å². The van der Waals surface area contributed by atoms with Crippen LogP contribution >= 0.6 is 0 Å². The van der Waals surface area contributed by atoms with Gasteiger partial charge in [-0.2, -0.15) is 0 Å². The fourth-order valence-electron chi connectivity index (χ4n) is 2.34. The van der Waals surface area contributed by atoms with Crippen molar-refractivity contribution in [2.75, 3.05) is 19.7 Å². The Labute approximate surface area is 103 Å². The van der Waals surface area contributed by atoms with E-state index in [2.05, 4.69) is 30.9 Å². The highest BCUT2D eigenvalue weighted by Crippen LogP contribution is 2.21. The van der Waals surface area contributed by atoms with Gasteiger partial charge in [-0.25, -0.2) is 0 Å². The van der Waals surface area contributed by atoms with Crippen molar-refractivity contribution >= 4 is 0 Å². The lowest BCUT2D eigenvalue weighted by Gasteiger charge is -2.30. The summed E-state index contributed by atoms with van der Waals surface area (Å²) in [4.78, 5) is 2.41. The number of aliphatic hydroxyl groups is 1. The second-order valence-electron chi connectivity index (χ2n) is 5.36. The van der Waals surface area contributed by atoms with Crippen LogP contribution in [0.4, 0.5) is 0 Å². The summed E-state index contributed by atoms with van der Waals surface area (Å²) in [7, 11) is 0. The van der Waals surface area contributed by atoms with E-state index in [-0.39, 0.29) is 0 Å². The average Bonchev–Trinajstić information content (AvgIpc) is 2.79. The molecule has 17 heavy (non-hydrogen) atoms. The Hall–Kier alpha value is -0.800. The molecule has 1 fully saturated rings. The van der Waals surface area contributed by atoms with Crippen LogP contribution in [0.15, 0.2) is 16.5 Å². The zero-order chi connectivity index (χ0) is 12.3. The van der Waals surface area contributed by atoms with Crippen LogP contribution < -0.4 is 0 Å². The maximum atomic E-state index is 9.09. The molecule has 1 saturated heterocycles. The fourth-order valence-corrected chi connectivity index (χ4v) is 2.34. The first-order valence-electron chi connectivity index (χ1n) is 6.61. The SMILES string of the molecule is CC(C)c1ccc(CN2CCC(CO)CC2)o1. The summed E-state index contributed by atoms with van der Waals surface area (Å²) in [5.74, 6) is 3.11. The van der Waals surface area contributed by atoms with E-state index < -0.39 is 0 Å². The Balaban J connectivity index is 1.84. The van der Waals surface area contributed by atoms with E-state index in [1.165, 1.54) is 0 Å². The zero-order valence-electron chi connectivity index (χ0n) is 10.9. The summed E-state index contributed by atoms with van der Waals surface area (Å²) in [6.45, 7) is 7.69. The number of rotatable bonds is 4. The summed E-state index contributed by atoms with van der Waals surface area (Å²) >= 11 is 0. The van der Waals surface area contributed by atoms with Gasteiger partial charge < -0.3 is 9.52 Å². The molecule has 0 saturated carbocycles. The maximum absolute atomic E-state index is 9.09. The minimum atomic E-state index is 0.339. The standard InChI is InChI=1S/C14H23NO2/c1-11(2)14-4-3-13(17-14)9-15-7-5-12(10-16)6-8-15/h3-4,11-12,16H,5-10H2,1-2H3. The molecule has 1 aliphatic rings. The first-order valence-corrected chi connectivity index (χ1v) is 6.61. The van der Waals surface area contributed by atoms with E-state index in [9.17, 15) is 0 Å². The van der Waals surface area contributed by atoms with Gasteiger partial charge in [-0.3, -0.25) is 4.90 Å². The Morgan fingerprint density at radius 2 is 2.06 bits per heavy atom. The highest BCUT2D eigenvalue weighted by Gasteiger charge is 2.19. The van der Waals surface area contributed by atoms with Gasteiger partial charge in [-0.05, 0) is 44.0 Å². The van der Waals surface area contributed by atoms with Gasteiger partial charge in [-0.15, -0.1) is 0 Å². The van der Waals surface area contributed by atoms with Gasteiger partial charge >= 0.3 is 0 Å². The van der Waals surface area contributed by atoms with E-state index in [1.807, 2.05) is 0 Å². The van der Waals surface area contributed by atoms with Gasteiger partial charge in [0.1, 0.15) is 11.5 Å². The lowest BCUT2D eigenvalue weighted by Crippen LogP contribution is -2.34. The van der Waals surface area contributed by atoms with Gasteiger partial charge in [0.05, 0.1) is 6.54 Å². The molecule has 2 rings (SSSR count). The molecule has 0 bridgehead atoms. The van der Waals surface area contributed by atoms with Crippen LogP contribution in [0.5, 0.6) is 0 Å². The number of aliphatic hydroxyl groups excluding tert-OH is 1. The van der Waals surface area contributed by atoms with E-state index in [0.717, 1.165) is 44.0 Å². The lowest BCUT2D eigenvalue weighted by molar-refractivity contribution is 0.122. The van der Waals surface area contributed by atoms with Crippen molar-refractivity contribution in [1.82, 2.24) is 4.90 Å². The highest BCUT2D eigenvalue weighted by molar-refractivity contribution is 5.10. The van der Waals surface area contributed by atoms with Gasteiger partial charge in [0, 0.05) is 12.5 Å². The molecule has 1 N–H and O–H groups in total. The minimum absolute atomic E-state index is 0.339. The Morgan fingerprint density at radius 3 is 2.59 bits per heavy atom. The molecule has 2 heterocycles. The molecule has 3 heteroatoms. The molecule has 3 nitrogen and oxygen atoms in total. The molecular formula is C14H23NO2. The van der Waals surface area contributed by atoms with Crippen LogP contribution in [0.25, 0.3) is 0 Å². The topological polar surface area (TPSA) is 36.6 Å². The number of furan rings is 1. The summed E-state index contributed by atoms with van der Waals surface area (Å²) in [5, 5.41) is 9.09. The first-order chi connectivity index (χ1) is 8.19. The molecule has 96 valence electrons. The molecule has 0 amide bonds. The van der Waals surface area contributed by atoms with Gasteiger partial charge in [0.2, 0.25) is 0 Å². The van der Waals surface area contributed by atoms with Gasteiger partial charge in [0.25, 0.3) is 0 Å². The van der Waals surface area contributed by atoms with Crippen molar-refractivity contribution in [3.8, 4) is 0 Å². The predicted octanol–water partition coefficient (Wildman–Crippen LogP) is 2.61. The number of likely N-dealkylation sites (tertiary alicyclic amines) is 1. The molecule has 0 aliphatic carbocycles. The summed E-state index contributed by atoms with van der Waals surface area (Å²) in [5.41, 5.74) is 0. The van der Waals surface area contributed by atoms with Crippen LogP contribution in [-0.2, 0) is 6.54 Å². The zero-order valence-corrected chi connectivity index (χ0v) is 10.9. The summed E-state index contributed by atoms with van der Waals surface area (Å²) in [6, 6.07) is 4.17. The molecule has 0 radical (unpaired) electrons. The fraction of sp³-hybridized carbons (Fsp3) is 0.714. The Morgan fingerprint density at radius 1 is 1.35 bits per heavy atom. The van der Waals surface area contributed by atoms with Crippen molar-refractivity contribution in [3.63, 3.8) is 0 Å². The van der Waals surface area contributed by atoms with Crippen LogP contribution in [0.3, 0.4) is 0 Å². The van der Waals surface area contributed by atoms with Crippen molar-refractivity contribution in [2.45, 2.75) is 39.2 Å². The third kappa shape index (κ3) is 3.33. The molecule has 0 unspecified atom stereocenters. The largest absolute Gasteiger partial charge is 0.464 e. The van der Waals surface area contributed by atoms with Crippen molar-refractivity contribution < 1.29 is 9.52 Å². The second kappa shape index (κ2) is 5.69. The van der Waals surface area contributed by atoms with Crippen LogP contribution in [0.1, 0.15) is 44.1 Å². The predicted molar refractivity (Wildman–Crippen MR) is 67.9 cm³/mol. The summed E-state index contributed by atoms with van der Waals surface area (Å²) < 4.78 is 5.81. The normalized spacial score (nSPS) is 19.1. The van der Waals surface area contributed by atoms with Crippen LogP contribution in [0.2, 0.25) is 0 Å². The average molecular weight is 237 g/mol. The van der Waals surface area contributed by atoms with Crippen LogP contribution in [-0.4, -0.2) is 29.7 Å². The molecule has 0 aromatic carbocycles. The molecule has 0 atom stereocenters. The third-order valence-corrected chi connectivity index (χ3v) is 3.60. The second-order valence-corrected chi connectivity index (χ2v) is 5.36.